The predicted octanol–water partition coefficient (Wildman–Crippen LogP) is 15.0. The predicted molar refractivity (Wildman–Crippen MR) is 248 cm³/mol. The molecule has 9 aromatic rings. The van der Waals surface area contributed by atoms with E-state index in [4.69, 9.17) is 0 Å². The molecular weight excluding hydrogens is 715 g/mol. The molecule has 0 saturated heterocycles. The molecule has 3 nitrogen and oxygen atoms in total. The zero-order chi connectivity index (χ0) is 39.5. The fourth-order valence-corrected chi connectivity index (χ4v) is 10.4. The Morgan fingerprint density at radius 1 is 0.441 bits per heavy atom. The first-order chi connectivity index (χ1) is 29.1. The van der Waals surface area contributed by atoms with E-state index < -0.39 is 0 Å². The van der Waals surface area contributed by atoms with Crippen LogP contribution in [0.1, 0.15) is 60.4 Å². The summed E-state index contributed by atoms with van der Waals surface area (Å²) in [6.07, 6.45) is 4.45. The number of anilines is 6. The highest BCUT2D eigenvalue weighted by Gasteiger charge is 2.45. The summed E-state index contributed by atoms with van der Waals surface area (Å²) in [6.45, 7) is 4.62. The van der Waals surface area contributed by atoms with Gasteiger partial charge in [-0.25, -0.2) is 0 Å². The van der Waals surface area contributed by atoms with Crippen molar-refractivity contribution in [3.8, 4) is 5.69 Å². The number of benzene rings is 8. The minimum atomic E-state index is -0.0304. The first-order valence-corrected chi connectivity index (χ1v) is 21.2. The van der Waals surface area contributed by atoms with Gasteiger partial charge in [-0.2, -0.15) is 0 Å². The Kier molecular flexibility index (Phi) is 8.51. The van der Waals surface area contributed by atoms with Crippen molar-refractivity contribution < 1.29 is 0 Å². The molecule has 1 spiro atoms. The molecule has 3 heteroatoms. The van der Waals surface area contributed by atoms with Crippen LogP contribution in [0.15, 0.2) is 194 Å². The summed E-state index contributed by atoms with van der Waals surface area (Å²) in [7, 11) is 0. The quantitative estimate of drug-likeness (QED) is 0.153. The number of fused-ring (bicyclic) bond motifs is 7. The fraction of sp³-hybridized carbons (Fsp3) is 0.143. The summed E-state index contributed by atoms with van der Waals surface area (Å²) in [4.78, 5) is 4.89. The van der Waals surface area contributed by atoms with Crippen LogP contribution >= 0.6 is 0 Å². The number of hydrogen-bond donors (Lipinski definition) is 0. The van der Waals surface area contributed by atoms with Crippen LogP contribution < -0.4 is 9.80 Å². The van der Waals surface area contributed by atoms with Crippen LogP contribution in [-0.2, 0) is 18.3 Å². The van der Waals surface area contributed by atoms with Crippen LogP contribution in [0.4, 0.5) is 34.1 Å². The summed E-state index contributed by atoms with van der Waals surface area (Å²) in [5, 5.41) is 2.62. The lowest BCUT2D eigenvalue weighted by Gasteiger charge is -2.31. The van der Waals surface area contributed by atoms with Crippen molar-refractivity contribution in [2.24, 2.45) is 0 Å². The van der Waals surface area contributed by atoms with E-state index in [1.54, 1.807) is 0 Å². The Hall–Kier alpha value is -6.84. The van der Waals surface area contributed by atoms with Crippen LogP contribution in [0.3, 0.4) is 0 Å². The Bertz CT molecular complexity index is 2920. The maximum absolute atomic E-state index is 2.54. The maximum Gasteiger partial charge on any atom is 0.0543 e. The standard InChI is InChI=1S/C56H47N3/c1-39(2)49-24-15-25-54-55(49)50-36-46(30-31-53(50)59(54)45-22-13-6-14-23-45)58(44-20-11-5-12-21-44)48-29-27-41-33-35-56(52(41)38-48)34-32-40-26-28-47(37-51(40)56)57(42-16-7-3-8-17-42)43-18-9-4-10-19-43/h3-31,36-39H,32-35H2,1-2H3/t56-/m1/s1. The molecule has 2 aliphatic carbocycles. The van der Waals surface area contributed by atoms with Gasteiger partial charge in [-0.1, -0.05) is 111 Å². The molecule has 2 aliphatic rings. The van der Waals surface area contributed by atoms with Crippen molar-refractivity contribution in [2.45, 2.75) is 50.9 Å². The van der Waals surface area contributed by atoms with Crippen molar-refractivity contribution in [1.82, 2.24) is 4.57 Å². The van der Waals surface area contributed by atoms with Crippen molar-refractivity contribution in [1.29, 1.82) is 0 Å². The minimum absolute atomic E-state index is 0.0304. The fourth-order valence-electron chi connectivity index (χ4n) is 10.4. The summed E-state index contributed by atoms with van der Waals surface area (Å²) >= 11 is 0. The molecule has 1 heterocycles. The average Bonchev–Trinajstić information content (AvgIpc) is 3.96. The van der Waals surface area contributed by atoms with Gasteiger partial charge in [-0.05, 0) is 156 Å². The number of nitrogens with zero attached hydrogens (tertiary/aromatic N) is 3. The topological polar surface area (TPSA) is 11.4 Å². The highest BCUT2D eigenvalue weighted by Crippen LogP contribution is 2.55. The zero-order valence-electron chi connectivity index (χ0n) is 33.7. The number of aryl methyl sites for hydroxylation is 2. The number of para-hydroxylation sites is 4. The zero-order valence-corrected chi connectivity index (χ0v) is 33.7. The largest absolute Gasteiger partial charge is 0.310 e. The van der Waals surface area contributed by atoms with E-state index in [-0.39, 0.29) is 5.41 Å². The molecular formula is C56H47N3. The van der Waals surface area contributed by atoms with Gasteiger partial charge in [0.25, 0.3) is 0 Å². The van der Waals surface area contributed by atoms with Crippen LogP contribution in [0, 0.1) is 0 Å². The van der Waals surface area contributed by atoms with Crippen LogP contribution in [-0.4, -0.2) is 4.57 Å². The van der Waals surface area contributed by atoms with Crippen LogP contribution in [0.2, 0.25) is 0 Å². The number of hydrogen-bond acceptors (Lipinski definition) is 2. The molecule has 0 saturated carbocycles. The Balaban J connectivity index is 1.07. The molecule has 0 radical (unpaired) electrons. The molecule has 1 atom stereocenters. The lowest BCUT2D eigenvalue weighted by molar-refractivity contribution is 0.507. The second-order valence-electron chi connectivity index (χ2n) is 16.7. The van der Waals surface area contributed by atoms with Gasteiger partial charge < -0.3 is 14.4 Å². The Morgan fingerprint density at radius 3 is 1.44 bits per heavy atom. The third-order valence-corrected chi connectivity index (χ3v) is 13.1. The molecule has 0 N–H and O–H groups in total. The van der Waals surface area contributed by atoms with E-state index in [2.05, 4.69) is 222 Å². The summed E-state index contributed by atoms with van der Waals surface area (Å²) in [6, 6.07) is 71.8. The summed E-state index contributed by atoms with van der Waals surface area (Å²) in [5.41, 5.74) is 18.0. The van der Waals surface area contributed by atoms with Gasteiger partial charge in [-0.3, -0.25) is 0 Å². The van der Waals surface area contributed by atoms with Crippen molar-refractivity contribution >= 4 is 55.9 Å². The molecule has 0 aliphatic heterocycles. The second-order valence-corrected chi connectivity index (χ2v) is 16.7. The smallest absolute Gasteiger partial charge is 0.0543 e. The van der Waals surface area contributed by atoms with Crippen molar-refractivity contribution in [3.63, 3.8) is 0 Å². The second kappa shape index (κ2) is 14.2. The molecule has 1 aromatic heterocycles. The lowest BCUT2D eigenvalue weighted by atomic mass is 9.76. The maximum atomic E-state index is 2.54. The van der Waals surface area contributed by atoms with Crippen molar-refractivity contribution in [2.75, 3.05) is 9.80 Å². The van der Waals surface area contributed by atoms with Gasteiger partial charge in [0, 0.05) is 56.0 Å². The monoisotopic (exact) mass is 761 g/mol. The highest BCUT2D eigenvalue weighted by molar-refractivity contribution is 6.12. The summed E-state index contributed by atoms with van der Waals surface area (Å²) in [5.74, 6) is 0.387. The molecule has 0 fully saturated rings. The van der Waals surface area contributed by atoms with E-state index in [0.717, 1.165) is 37.1 Å². The number of rotatable bonds is 8. The van der Waals surface area contributed by atoms with Gasteiger partial charge in [0.05, 0.1) is 11.0 Å². The molecule has 0 bridgehead atoms. The van der Waals surface area contributed by atoms with Crippen LogP contribution in [0.25, 0.3) is 27.5 Å². The molecule has 59 heavy (non-hydrogen) atoms. The first-order valence-electron chi connectivity index (χ1n) is 21.2. The van der Waals surface area contributed by atoms with Gasteiger partial charge in [0.15, 0.2) is 0 Å². The summed E-state index contributed by atoms with van der Waals surface area (Å²) < 4.78 is 2.44. The SMILES string of the molecule is CC(C)c1cccc2c1c1cc(N(c3ccccc3)c3ccc4c(c3)[C@]3(CCc5ccc(N(c6ccccc6)c6ccccc6)cc53)CC4)ccc1n2-c1ccccc1. The average molecular weight is 762 g/mol. The normalized spacial score (nSPS) is 15.6. The van der Waals surface area contributed by atoms with Crippen LogP contribution in [0.5, 0.6) is 0 Å². The van der Waals surface area contributed by atoms with E-state index in [0.29, 0.717) is 5.92 Å². The van der Waals surface area contributed by atoms with Gasteiger partial charge in [0.1, 0.15) is 0 Å². The first kappa shape index (κ1) is 35.3. The molecule has 0 unspecified atom stereocenters. The molecule has 8 aromatic carbocycles. The minimum Gasteiger partial charge on any atom is -0.310 e. The van der Waals surface area contributed by atoms with E-state index in [1.165, 1.54) is 78.1 Å². The lowest BCUT2D eigenvalue weighted by Crippen LogP contribution is -2.22. The van der Waals surface area contributed by atoms with Crippen molar-refractivity contribution in [3.05, 3.63) is 222 Å². The third-order valence-electron chi connectivity index (χ3n) is 13.1. The molecule has 286 valence electrons. The molecule has 0 amide bonds. The third kappa shape index (κ3) is 5.79. The van der Waals surface area contributed by atoms with E-state index in [9.17, 15) is 0 Å². The molecule has 11 rings (SSSR count). The highest BCUT2D eigenvalue weighted by atomic mass is 15.1. The number of aromatic nitrogens is 1. The van der Waals surface area contributed by atoms with E-state index in [1.807, 2.05) is 0 Å². The van der Waals surface area contributed by atoms with Gasteiger partial charge in [-0.15, -0.1) is 0 Å². The Labute approximate surface area is 347 Å². The van der Waals surface area contributed by atoms with Gasteiger partial charge in [0.2, 0.25) is 0 Å². The Morgan fingerprint density at radius 2 is 0.915 bits per heavy atom. The van der Waals surface area contributed by atoms with Gasteiger partial charge >= 0.3 is 0 Å². The van der Waals surface area contributed by atoms with E-state index >= 15 is 0 Å².